The Labute approximate surface area is 115 Å². The molecule has 0 radical (unpaired) electrons. The van der Waals surface area contributed by atoms with E-state index >= 15 is 0 Å². The van der Waals surface area contributed by atoms with Crippen molar-refractivity contribution in [1.82, 2.24) is 0 Å². The molecular weight excluding hydrogens is 293 g/mol. The summed E-state index contributed by atoms with van der Waals surface area (Å²) in [5, 5.41) is 0. The van der Waals surface area contributed by atoms with Crippen molar-refractivity contribution in [2.75, 3.05) is 0 Å². The average Bonchev–Trinajstić information content (AvgIpc) is 2.25. The molecule has 0 amide bonds. The normalized spacial score (nSPS) is 12.5. The summed E-state index contributed by atoms with van der Waals surface area (Å²) >= 11 is 3.29. The summed E-state index contributed by atoms with van der Waals surface area (Å²) in [6.07, 6.45) is 0. The van der Waals surface area contributed by atoms with Gasteiger partial charge in [0.2, 0.25) is 0 Å². The van der Waals surface area contributed by atoms with Gasteiger partial charge in [0.05, 0.1) is 6.04 Å². The van der Waals surface area contributed by atoms with Crippen LogP contribution in [0.2, 0.25) is 0 Å². The highest BCUT2D eigenvalue weighted by Gasteiger charge is 2.11. The minimum absolute atomic E-state index is 0.279. The number of hydrogen-bond acceptors (Lipinski definition) is 1. The predicted molar refractivity (Wildman–Crippen MR) is 76.0 cm³/mol. The monoisotopic (exact) mass is 307 g/mol. The van der Waals surface area contributed by atoms with E-state index in [4.69, 9.17) is 5.73 Å². The van der Waals surface area contributed by atoms with Gasteiger partial charge >= 0.3 is 0 Å². The summed E-state index contributed by atoms with van der Waals surface area (Å²) in [5.74, 6) is -0.279. The molecule has 0 aliphatic heterocycles. The van der Waals surface area contributed by atoms with Crippen molar-refractivity contribution in [2.45, 2.75) is 19.9 Å². The van der Waals surface area contributed by atoms with E-state index in [2.05, 4.69) is 22.0 Å². The lowest BCUT2D eigenvalue weighted by atomic mass is 9.96. The van der Waals surface area contributed by atoms with Gasteiger partial charge in [-0.05, 0) is 43.2 Å². The highest BCUT2D eigenvalue weighted by atomic mass is 79.9. The SMILES string of the molecule is Cc1cc(C)cc(C(N)c2cc(F)cc(Br)c2)c1. The Balaban J connectivity index is 2.43. The van der Waals surface area contributed by atoms with E-state index in [0.29, 0.717) is 4.47 Å². The van der Waals surface area contributed by atoms with Gasteiger partial charge in [0, 0.05) is 4.47 Å². The lowest BCUT2D eigenvalue weighted by molar-refractivity contribution is 0.622. The molecule has 2 N–H and O–H groups in total. The molecule has 0 saturated carbocycles. The van der Waals surface area contributed by atoms with E-state index in [-0.39, 0.29) is 11.9 Å². The van der Waals surface area contributed by atoms with Crippen molar-refractivity contribution in [2.24, 2.45) is 5.73 Å². The fourth-order valence-corrected chi connectivity index (χ4v) is 2.62. The molecule has 2 aromatic carbocycles. The molecule has 0 heterocycles. The Morgan fingerprint density at radius 3 is 2.06 bits per heavy atom. The number of hydrogen-bond donors (Lipinski definition) is 1. The lowest BCUT2D eigenvalue weighted by Crippen LogP contribution is -2.12. The van der Waals surface area contributed by atoms with Gasteiger partial charge < -0.3 is 5.73 Å². The smallest absolute Gasteiger partial charge is 0.124 e. The van der Waals surface area contributed by atoms with Crippen LogP contribution in [-0.2, 0) is 0 Å². The number of rotatable bonds is 2. The number of aryl methyl sites for hydroxylation is 2. The quantitative estimate of drug-likeness (QED) is 0.881. The first-order valence-electron chi connectivity index (χ1n) is 5.75. The highest BCUT2D eigenvalue weighted by Crippen LogP contribution is 2.25. The van der Waals surface area contributed by atoms with E-state index < -0.39 is 0 Å². The third-order valence-electron chi connectivity index (χ3n) is 2.85. The predicted octanol–water partition coefficient (Wildman–Crippen LogP) is 4.25. The largest absolute Gasteiger partial charge is 0.320 e. The van der Waals surface area contributed by atoms with Crippen LogP contribution >= 0.6 is 15.9 Å². The third-order valence-corrected chi connectivity index (χ3v) is 3.30. The second-order valence-electron chi connectivity index (χ2n) is 4.60. The summed E-state index contributed by atoms with van der Waals surface area (Å²) in [5.41, 5.74) is 10.3. The zero-order valence-electron chi connectivity index (χ0n) is 10.4. The summed E-state index contributed by atoms with van der Waals surface area (Å²) in [7, 11) is 0. The summed E-state index contributed by atoms with van der Waals surface area (Å²) in [4.78, 5) is 0. The molecule has 0 spiro atoms. The van der Waals surface area contributed by atoms with Crippen molar-refractivity contribution in [3.63, 3.8) is 0 Å². The Bertz CT molecular complexity index is 489. The standard InChI is InChI=1S/C15H15BrFN/c1-9-3-10(2)5-11(4-9)15(18)12-6-13(16)8-14(17)7-12/h3-8,15H,18H2,1-2H3. The van der Waals surface area contributed by atoms with Crippen LogP contribution in [0.4, 0.5) is 4.39 Å². The van der Waals surface area contributed by atoms with Crippen LogP contribution in [-0.4, -0.2) is 0 Å². The Morgan fingerprint density at radius 2 is 1.50 bits per heavy atom. The molecule has 0 bridgehead atoms. The van der Waals surface area contributed by atoms with Crippen LogP contribution in [0.3, 0.4) is 0 Å². The lowest BCUT2D eigenvalue weighted by Gasteiger charge is -2.15. The molecule has 0 aliphatic rings. The number of benzene rings is 2. The molecule has 1 unspecified atom stereocenters. The summed E-state index contributed by atoms with van der Waals surface area (Å²) in [6.45, 7) is 4.06. The maximum Gasteiger partial charge on any atom is 0.124 e. The van der Waals surface area contributed by atoms with Crippen molar-refractivity contribution < 1.29 is 4.39 Å². The van der Waals surface area contributed by atoms with Gasteiger partial charge in [0.15, 0.2) is 0 Å². The van der Waals surface area contributed by atoms with Gasteiger partial charge in [-0.3, -0.25) is 0 Å². The summed E-state index contributed by atoms with van der Waals surface area (Å²) in [6, 6.07) is 10.6. The molecule has 2 rings (SSSR count). The van der Waals surface area contributed by atoms with Gasteiger partial charge in [0.25, 0.3) is 0 Å². The molecule has 2 aromatic rings. The molecule has 3 heteroatoms. The second kappa shape index (κ2) is 5.21. The van der Waals surface area contributed by atoms with E-state index in [0.717, 1.165) is 22.3 Å². The van der Waals surface area contributed by atoms with Crippen LogP contribution in [0.15, 0.2) is 40.9 Å². The van der Waals surface area contributed by atoms with Crippen molar-refractivity contribution >= 4 is 15.9 Å². The molecule has 94 valence electrons. The molecule has 18 heavy (non-hydrogen) atoms. The van der Waals surface area contributed by atoms with Crippen molar-refractivity contribution in [1.29, 1.82) is 0 Å². The van der Waals surface area contributed by atoms with Gasteiger partial charge in [-0.25, -0.2) is 4.39 Å². The molecule has 0 aromatic heterocycles. The average molecular weight is 308 g/mol. The molecular formula is C15H15BrFN. The Morgan fingerprint density at radius 1 is 0.944 bits per heavy atom. The third kappa shape index (κ3) is 2.98. The highest BCUT2D eigenvalue weighted by molar-refractivity contribution is 9.10. The van der Waals surface area contributed by atoms with Gasteiger partial charge in [-0.15, -0.1) is 0 Å². The fraction of sp³-hybridized carbons (Fsp3) is 0.200. The van der Waals surface area contributed by atoms with Crippen molar-refractivity contribution in [3.8, 4) is 0 Å². The maximum atomic E-state index is 13.4. The van der Waals surface area contributed by atoms with Gasteiger partial charge in [0.1, 0.15) is 5.82 Å². The first-order chi connectivity index (χ1) is 8.45. The van der Waals surface area contributed by atoms with Crippen LogP contribution in [0.1, 0.15) is 28.3 Å². The van der Waals surface area contributed by atoms with Crippen LogP contribution in [0.25, 0.3) is 0 Å². The van der Waals surface area contributed by atoms with Crippen LogP contribution in [0.5, 0.6) is 0 Å². The Kier molecular flexibility index (Phi) is 3.83. The first kappa shape index (κ1) is 13.2. The molecule has 1 nitrogen and oxygen atoms in total. The Hall–Kier alpha value is -1.19. The van der Waals surface area contributed by atoms with Gasteiger partial charge in [-0.1, -0.05) is 45.3 Å². The molecule has 0 aliphatic carbocycles. The zero-order valence-corrected chi connectivity index (χ0v) is 12.0. The fourth-order valence-electron chi connectivity index (χ4n) is 2.14. The molecule has 0 fully saturated rings. The van der Waals surface area contributed by atoms with Gasteiger partial charge in [-0.2, -0.15) is 0 Å². The minimum Gasteiger partial charge on any atom is -0.320 e. The zero-order chi connectivity index (χ0) is 13.3. The van der Waals surface area contributed by atoms with Crippen LogP contribution < -0.4 is 5.73 Å². The second-order valence-corrected chi connectivity index (χ2v) is 5.52. The van der Waals surface area contributed by atoms with Crippen LogP contribution in [0, 0.1) is 19.7 Å². The van der Waals surface area contributed by atoms with Crippen molar-refractivity contribution in [3.05, 3.63) is 68.9 Å². The molecule has 0 saturated heterocycles. The number of halogens is 2. The molecule has 1 atom stereocenters. The summed E-state index contributed by atoms with van der Waals surface area (Å²) < 4.78 is 14.1. The van der Waals surface area contributed by atoms with E-state index in [1.54, 1.807) is 0 Å². The topological polar surface area (TPSA) is 26.0 Å². The van der Waals surface area contributed by atoms with E-state index in [1.165, 1.54) is 12.1 Å². The van der Waals surface area contributed by atoms with E-state index in [1.807, 2.05) is 32.0 Å². The number of nitrogens with two attached hydrogens (primary N) is 1. The van der Waals surface area contributed by atoms with E-state index in [9.17, 15) is 4.39 Å². The minimum atomic E-state index is -0.310. The first-order valence-corrected chi connectivity index (χ1v) is 6.55. The maximum absolute atomic E-state index is 13.4.